The third kappa shape index (κ3) is 5.93. The van der Waals surface area contributed by atoms with Crippen LogP contribution in [0.1, 0.15) is 27.0 Å². The van der Waals surface area contributed by atoms with Crippen LogP contribution in [-0.4, -0.2) is 17.9 Å². The van der Waals surface area contributed by atoms with Crippen molar-refractivity contribution in [1.82, 2.24) is 5.32 Å². The molecule has 0 aliphatic rings. The monoisotopic (exact) mass is 484 g/mol. The lowest BCUT2D eigenvalue weighted by Gasteiger charge is -2.20. The van der Waals surface area contributed by atoms with Crippen LogP contribution in [0.3, 0.4) is 0 Å². The van der Waals surface area contributed by atoms with Gasteiger partial charge in [-0.3, -0.25) is 9.59 Å². The lowest BCUT2D eigenvalue weighted by Crippen LogP contribution is -2.45. The highest BCUT2D eigenvalue weighted by Gasteiger charge is 2.23. The van der Waals surface area contributed by atoms with E-state index in [0.29, 0.717) is 18.4 Å². The molecule has 0 radical (unpaired) electrons. The van der Waals surface area contributed by atoms with E-state index in [1.807, 2.05) is 109 Å². The average molecular weight is 485 g/mol. The molecule has 4 heteroatoms. The number of amides is 2. The van der Waals surface area contributed by atoms with E-state index in [4.69, 9.17) is 0 Å². The summed E-state index contributed by atoms with van der Waals surface area (Å²) in [4.78, 5) is 27.1. The van der Waals surface area contributed by atoms with E-state index < -0.39 is 6.04 Å². The molecule has 2 amide bonds. The van der Waals surface area contributed by atoms with Crippen molar-refractivity contribution in [3.63, 3.8) is 0 Å². The number of carbonyl (C=O) groups excluding carboxylic acids is 2. The number of benzene rings is 5. The van der Waals surface area contributed by atoms with Gasteiger partial charge in [0.2, 0.25) is 5.91 Å². The predicted octanol–water partition coefficient (Wildman–Crippen LogP) is 6.41. The van der Waals surface area contributed by atoms with Crippen molar-refractivity contribution in [1.29, 1.82) is 0 Å². The molecule has 182 valence electrons. The Morgan fingerprint density at radius 3 is 2.03 bits per heavy atom. The molecule has 2 N–H and O–H groups in total. The highest BCUT2D eigenvalue weighted by Crippen LogP contribution is 2.21. The Balaban J connectivity index is 1.41. The summed E-state index contributed by atoms with van der Waals surface area (Å²) >= 11 is 0. The summed E-state index contributed by atoms with van der Waals surface area (Å²) < 4.78 is 0. The molecule has 0 saturated carbocycles. The second-order valence-corrected chi connectivity index (χ2v) is 9.05. The van der Waals surface area contributed by atoms with Crippen LogP contribution in [-0.2, 0) is 17.6 Å². The maximum atomic E-state index is 13.6. The van der Waals surface area contributed by atoms with Crippen LogP contribution in [0, 0.1) is 0 Å². The zero-order chi connectivity index (χ0) is 25.5. The quantitative estimate of drug-likeness (QED) is 0.267. The van der Waals surface area contributed by atoms with Crippen molar-refractivity contribution in [2.45, 2.75) is 18.9 Å². The Labute approximate surface area is 217 Å². The van der Waals surface area contributed by atoms with Crippen LogP contribution in [0.15, 0.2) is 127 Å². The number of para-hydroxylation sites is 1. The summed E-state index contributed by atoms with van der Waals surface area (Å²) in [5.74, 6) is -0.525. The molecule has 4 nitrogen and oxygen atoms in total. The van der Waals surface area contributed by atoms with Crippen LogP contribution < -0.4 is 10.6 Å². The van der Waals surface area contributed by atoms with Crippen LogP contribution in [0.2, 0.25) is 0 Å². The zero-order valence-corrected chi connectivity index (χ0v) is 20.4. The minimum Gasteiger partial charge on any atom is -0.340 e. The lowest BCUT2D eigenvalue weighted by atomic mass is 10.0. The topological polar surface area (TPSA) is 58.2 Å². The van der Waals surface area contributed by atoms with E-state index in [2.05, 4.69) is 22.8 Å². The Morgan fingerprint density at radius 1 is 0.622 bits per heavy atom. The largest absolute Gasteiger partial charge is 0.340 e. The van der Waals surface area contributed by atoms with E-state index in [1.54, 1.807) is 6.07 Å². The molecule has 0 aliphatic carbocycles. The van der Waals surface area contributed by atoms with Gasteiger partial charge in [-0.05, 0) is 46.0 Å². The molecule has 0 aromatic heterocycles. The SMILES string of the molecule is O=C(NC(Cc1ccccc1)C(=O)Nc1ccccc1Cc1ccccc1)c1cccc2ccccc12. The van der Waals surface area contributed by atoms with Gasteiger partial charge in [0.15, 0.2) is 0 Å². The molecular formula is C33H28N2O2. The molecule has 1 unspecified atom stereocenters. The number of rotatable bonds is 8. The molecule has 0 saturated heterocycles. The van der Waals surface area contributed by atoms with Crippen LogP contribution in [0.5, 0.6) is 0 Å². The first-order chi connectivity index (χ1) is 18.2. The maximum Gasteiger partial charge on any atom is 0.252 e. The molecule has 5 aromatic rings. The third-order valence-electron chi connectivity index (χ3n) is 6.45. The molecule has 5 aromatic carbocycles. The standard InChI is InChI=1S/C33H28N2O2/c36-32(29-20-11-18-26-16-7-9-19-28(26)29)35-31(23-25-14-5-2-6-15-25)33(37)34-30-21-10-8-17-27(30)22-24-12-3-1-4-13-24/h1-21,31H,22-23H2,(H,34,37)(H,35,36). The summed E-state index contributed by atoms with van der Waals surface area (Å²) in [7, 11) is 0. The van der Waals surface area contributed by atoms with Gasteiger partial charge in [-0.2, -0.15) is 0 Å². The Kier molecular flexibility index (Phi) is 7.37. The number of carbonyl (C=O) groups is 2. The first kappa shape index (κ1) is 24.0. The number of anilines is 1. The fourth-order valence-electron chi connectivity index (χ4n) is 4.55. The van der Waals surface area contributed by atoms with Crippen molar-refractivity contribution in [2.24, 2.45) is 0 Å². The molecule has 0 spiro atoms. The fraction of sp³-hybridized carbons (Fsp3) is 0.0909. The van der Waals surface area contributed by atoms with Gasteiger partial charge in [-0.15, -0.1) is 0 Å². The predicted molar refractivity (Wildman–Crippen MR) is 150 cm³/mol. The minimum atomic E-state index is -0.751. The van der Waals surface area contributed by atoms with E-state index >= 15 is 0 Å². The molecule has 0 bridgehead atoms. The summed E-state index contributed by atoms with van der Waals surface area (Å²) in [6.07, 6.45) is 1.08. The maximum absolute atomic E-state index is 13.6. The van der Waals surface area contributed by atoms with E-state index in [9.17, 15) is 9.59 Å². The smallest absolute Gasteiger partial charge is 0.252 e. The summed E-state index contributed by atoms with van der Waals surface area (Å²) in [6, 6.07) is 40.3. The number of hydrogen-bond donors (Lipinski definition) is 2. The molecule has 0 fully saturated rings. The second-order valence-electron chi connectivity index (χ2n) is 9.05. The van der Waals surface area contributed by atoms with Gasteiger partial charge in [0, 0.05) is 17.7 Å². The first-order valence-electron chi connectivity index (χ1n) is 12.4. The van der Waals surface area contributed by atoms with Gasteiger partial charge >= 0.3 is 0 Å². The zero-order valence-electron chi connectivity index (χ0n) is 20.4. The molecule has 1 atom stereocenters. The van der Waals surface area contributed by atoms with Crippen LogP contribution in [0.4, 0.5) is 5.69 Å². The van der Waals surface area contributed by atoms with Gasteiger partial charge in [-0.25, -0.2) is 0 Å². The van der Waals surface area contributed by atoms with E-state index in [-0.39, 0.29) is 11.8 Å². The van der Waals surface area contributed by atoms with Crippen molar-refractivity contribution in [3.8, 4) is 0 Å². The first-order valence-corrected chi connectivity index (χ1v) is 12.4. The fourth-order valence-corrected chi connectivity index (χ4v) is 4.55. The van der Waals surface area contributed by atoms with Crippen molar-refractivity contribution < 1.29 is 9.59 Å². The molecule has 0 aliphatic heterocycles. The Hall–Kier alpha value is -4.70. The van der Waals surface area contributed by atoms with Gasteiger partial charge in [-0.1, -0.05) is 115 Å². The van der Waals surface area contributed by atoms with Gasteiger partial charge in [0.1, 0.15) is 6.04 Å². The number of nitrogens with one attached hydrogen (secondary N) is 2. The Morgan fingerprint density at radius 2 is 1.24 bits per heavy atom. The molecule has 0 heterocycles. The lowest BCUT2D eigenvalue weighted by molar-refractivity contribution is -0.118. The summed E-state index contributed by atoms with van der Waals surface area (Å²) in [5, 5.41) is 7.94. The highest BCUT2D eigenvalue weighted by molar-refractivity contribution is 6.09. The third-order valence-corrected chi connectivity index (χ3v) is 6.45. The summed E-state index contributed by atoms with van der Waals surface area (Å²) in [6.45, 7) is 0. The average Bonchev–Trinajstić information content (AvgIpc) is 2.94. The van der Waals surface area contributed by atoms with Crippen molar-refractivity contribution >= 4 is 28.3 Å². The van der Waals surface area contributed by atoms with Crippen LogP contribution >= 0.6 is 0 Å². The number of fused-ring (bicyclic) bond motifs is 1. The highest BCUT2D eigenvalue weighted by atomic mass is 16.2. The number of hydrogen-bond acceptors (Lipinski definition) is 2. The van der Waals surface area contributed by atoms with Crippen molar-refractivity contribution in [3.05, 3.63) is 150 Å². The minimum absolute atomic E-state index is 0.252. The molecule has 37 heavy (non-hydrogen) atoms. The van der Waals surface area contributed by atoms with Gasteiger partial charge in [0.05, 0.1) is 0 Å². The normalized spacial score (nSPS) is 11.6. The van der Waals surface area contributed by atoms with Gasteiger partial charge < -0.3 is 10.6 Å². The second kappa shape index (κ2) is 11.4. The van der Waals surface area contributed by atoms with Crippen molar-refractivity contribution in [2.75, 3.05) is 5.32 Å². The van der Waals surface area contributed by atoms with E-state index in [1.165, 1.54) is 0 Å². The Bertz CT molecular complexity index is 1510. The van der Waals surface area contributed by atoms with Gasteiger partial charge in [0.25, 0.3) is 5.91 Å². The molecular weight excluding hydrogens is 456 g/mol. The summed E-state index contributed by atoms with van der Waals surface area (Å²) in [5.41, 5.74) is 4.44. The van der Waals surface area contributed by atoms with Crippen LogP contribution in [0.25, 0.3) is 10.8 Å². The molecule has 5 rings (SSSR count). The van der Waals surface area contributed by atoms with E-state index in [0.717, 1.165) is 33.2 Å².